The number of hydrogen-bond acceptors (Lipinski definition) is 5. The lowest BCUT2D eigenvalue weighted by atomic mass is 9.87. The van der Waals surface area contributed by atoms with Crippen LogP contribution in [0.3, 0.4) is 0 Å². The van der Waals surface area contributed by atoms with E-state index in [1.807, 2.05) is 48.7 Å². The SMILES string of the molecule is COc1cccc(-c2cc(C(=O)NC(c3cccnc3)C3CCOCC3)n(C)n2)c1. The van der Waals surface area contributed by atoms with Crippen molar-refractivity contribution in [2.24, 2.45) is 13.0 Å². The first-order valence-corrected chi connectivity index (χ1v) is 10.1. The summed E-state index contributed by atoms with van der Waals surface area (Å²) >= 11 is 0. The monoisotopic (exact) mass is 406 g/mol. The fraction of sp³-hybridized carbons (Fsp3) is 0.348. The van der Waals surface area contributed by atoms with Crippen LogP contribution in [0, 0.1) is 5.92 Å². The Balaban J connectivity index is 1.59. The molecule has 3 heterocycles. The highest BCUT2D eigenvalue weighted by molar-refractivity contribution is 5.94. The van der Waals surface area contributed by atoms with E-state index in [0.717, 1.165) is 35.4 Å². The van der Waals surface area contributed by atoms with E-state index in [-0.39, 0.29) is 11.9 Å². The van der Waals surface area contributed by atoms with Crippen LogP contribution in [0.5, 0.6) is 5.75 Å². The zero-order chi connectivity index (χ0) is 20.9. The van der Waals surface area contributed by atoms with Crippen LogP contribution in [-0.4, -0.2) is 41.0 Å². The summed E-state index contributed by atoms with van der Waals surface area (Å²) in [7, 11) is 3.41. The van der Waals surface area contributed by atoms with Gasteiger partial charge in [-0.25, -0.2) is 0 Å². The second-order valence-electron chi connectivity index (χ2n) is 7.46. The number of nitrogens with zero attached hydrogens (tertiary/aromatic N) is 3. The summed E-state index contributed by atoms with van der Waals surface area (Å²) in [5.74, 6) is 0.901. The molecule has 1 aromatic carbocycles. The van der Waals surface area contributed by atoms with Gasteiger partial charge in [-0.15, -0.1) is 0 Å². The predicted octanol–water partition coefficient (Wildman–Crippen LogP) is 3.39. The number of methoxy groups -OCH3 is 1. The quantitative estimate of drug-likeness (QED) is 0.679. The first kappa shape index (κ1) is 20.1. The van der Waals surface area contributed by atoms with Crippen molar-refractivity contribution in [2.75, 3.05) is 20.3 Å². The zero-order valence-electron chi connectivity index (χ0n) is 17.2. The van der Waals surface area contributed by atoms with Gasteiger partial charge in [0.2, 0.25) is 0 Å². The third-order valence-corrected chi connectivity index (χ3v) is 5.55. The molecule has 2 aromatic heterocycles. The Morgan fingerprint density at radius 3 is 2.80 bits per heavy atom. The van der Waals surface area contributed by atoms with Gasteiger partial charge in [0.25, 0.3) is 5.91 Å². The van der Waals surface area contributed by atoms with Crippen LogP contribution in [0.25, 0.3) is 11.3 Å². The van der Waals surface area contributed by atoms with Gasteiger partial charge in [-0.3, -0.25) is 14.5 Å². The molecule has 1 aliphatic heterocycles. The van der Waals surface area contributed by atoms with Crippen molar-refractivity contribution in [3.05, 3.63) is 66.1 Å². The summed E-state index contributed by atoms with van der Waals surface area (Å²) in [6.07, 6.45) is 5.37. The highest BCUT2D eigenvalue weighted by Gasteiger charge is 2.28. The number of aryl methyl sites for hydroxylation is 1. The Bertz CT molecular complexity index is 997. The largest absolute Gasteiger partial charge is 0.497 e. The van der Waals surface area contributed by atoms with Gasteiger partial charge in [0.15, 0.2) is 0 Å². The Kier molecular flexibility index (Phi) is 6.09. The van der Waals surface area contributed by atoms with Gasteiger partial charge in [0, 0.05) is 38.2 Å². The Morgan fingerprint density at radius 1 is 1.23 bits per heavy atom. The van der Waals surface area contributed by atoms with E-state index in [4.69, 9.17) is 9.47 Å². The average Bonchev–Trinajstić information content (AvgIpc) is 3.20. The van der Waals surface area contributed by atoms with Crippen LogP contribution >= 0.6 is 0 Å². The highest BCUT2D eigenvalue weighted by Crippen LogP contribution is 2.30. The maximum atomic E-state index is 13.2. The first-order valence-electron chi connectivity index (χ1n) is 10.1. The summed E-state index contributed by atoms with van der Waals surface area (Å²) in [6.45, 7) is 1.42. The lowest BCUT2D eigenvalue weighted by Gasteiger charge is -2.31. The minimum atomic E-state index is -0.153. The number of carbonyl (C=O) groups is 1. The molecule has 7 heteroatoms. The van der Waals surface area contributed by atoms with Crippen molar-refractivity contribution in [1.82, 2.24) is 20.1 Å². The number of amides is 1. The van der Waals surface area contributed by atoms with Crippen LogP contribution < -0.4 is 10.1 Å². The van der Waals surface area contributed by atoms with E-state index < -0.39 is 0 Å². The topological polar surface area (TPSA) is 78.3 Å². The van der Waals surface area contributed by atoms with Crippen molar-refractivity contribution in [1.29, 1.82) is 0 Å². The fourth-order valence-electron chi connectivity index (χ4n) is 3.90. The van der Waals surface area contributed by atoms with Gasteiger partial charge < -0.3 is 14.8 Å². The molecule has 30 heavy (non-hydrogen) atoms. The minimum Gasteiger partial charge on any atom is -0.497 e. The molecule has 0 aliphatic carbocycles. The Labute approximate surface area is 176 Å². The van der Waals surface area contributed by atoms with Gasteiger partial charge in [-0.05, 0) is 48.6 Å². The molecule has 1 saturated heterocycles. The number of nitrogens with one attached hydrogen (secondary N) is 1. The lowest BCUT2D eigenvalue weighted by molar-refractivity contribution is 0.0512. The van der Waals surface area contributed by atoms with E-state index >= 15 is 0 Å². The summed E-state index contributed by atoms with van der Waals surface area (Å²) < 4.78 is 12.4. The maximum Gasteiger partial charge on any atom is 0.270 e. The van der Waals surface area contributed by atoms with Gasteiger partial charge in [-0.2, -0.15) is 5.10 Å². The van der Waals surface area contributed by atoms with Crippen molar-refractivity contribution in [3.8, 4) is 17.0 Å². The minimum absolute atomic E-state index is 0.120. The number of pyridine rings is 1. The third kappa shape index (κ3) is 4.36. The third-order valence-electron chi connectivity index (χ3n) is 5.55. The number of ether oxygens (including phenoxy) is 2. The number of carbonyl (C=O) groups excluding carboxylic acids is 1. The van der Waals surface area contributed by atoms with Gasteiger partial charge in [0.05, 0.1) is 18.8 Å². The summed E-state index contributed by atoms with van der Waals surface area (Å²) in [5.41, 5.74) is 3.14. The average molecular weight is 406 g/mol. The first-order chi connectivity index (χ1) is 14.7. The molecule has 0 saturated carbocycles. The molecule has 1 fully saturated rings. The molecule has 1 aliphatic rings. The van der Waals surface area contributed by atoms with Gasteiger partial charge >= 0.3 is 0 Å². The smallest absolute Gasteiger partial charge is 0.270 e. The molecule has 3 aromatic rings. The maximum absolute atomic E-state index is 13.2. The number of hydrogen-bond donors (Lipinski definition) is 1. The lowest BCUT2D eigenvalue weighted by Crippen LogP contribution is -2.36. The second-order valence-corrected chi connectivity index (χ2v) is 7.46. The van der Waals surface area contributed by atoms with Crippen molar-refractivity contribution in [3.63, 3.8) is 0 Å². The standard InChI is InChI=1S/C23H26N4O3/c1-27-21(14-20(26-27)17-5-3-7-19(13-17)29-2)23(28)25-22(16-8-11-30-12-9-16)18-6-4-10-24-15-18/h3-7,10,13-16,22H,8-9,11-12H2,1-2H3,(H,25,28). The molecule has 7 nitrogen and oxygen atoms in total. The number of aromatic nitrogens is 3. The zero-order valence-corrected chi connectivity index (χ0v) is 17.2. The molecule has 0 radical (unpaired) electrons. The fourth-order valence-corrected chi connectivity index (χ4v) is 3.90. The molecular weight excluding hydrogens is 380 g/mol. The molecule has 1 N–H and O–H groups in total. The van der Waals surface area contributed by atoms with Crippen LogP contribution in [-0.2, 0) is 11.8 Å². The van der Waals surface area contributed by atoms with Crippen LogP contribution in [0.4, 0.5) is 0 Å². The van der Waals surface area contributed by atoms with E-state index in [9.17, 15) is 4.79 Å². The van der Waals surface area contributed by atoms with Gasteiger partial charge in [0.1, 0.15) is 11.4 Å². The summed E-state index contributed by atoms with van der Waals surface area (Å²) in [5, 5.41) is 7.77. The van der Waals surface area contributed by atoms with Gasteiger partial charge in [-0.1, -0.05) is 18.2 Å². The summed E-state index contributed by atoms with van der Waals surface area (Å²) in [4.78, 5) is 17.5. The van der Waals surface area contributed by atoms with E-state index in [1.54, 1.807) is 25.0 Å². The molecule has 1 unspecified atom stereocenters. The molecule has 1 atom stereocenters. The highest BCUT2D eigenvalue weighted by atomic mass is 16.5. The van der Waals surface area contributed by atoms with Crippen molar-refractivity contribution >= 4 is 5.91 Å². The van der Waals surface area contributed by atoms with Crippen LogP contribution in [0.15, 0.2) is 54.9 Å². The number of rotatable bonds is 6. The van der Waals surface area contributed by atoms with Crippen LogP contribution in [0.1, 0.15) is 34.9 Å². The Morgan fingerprint density at radius 2 is 2.07 bits per heavy atom. The number of benzene rings is 1. The van der Waals surface area contributed by atoms with E-state index in [2.05, 4.69) is 15.4 Å². The normalized spacial score (nSPS) is 15.5. The van der Waals surface area contributed by atoms with Crippen molar-refractivity contribution < 1.29 is 14.3 Å². The molecule has 4 rings (SSSR count). The Hall–Kier alpha value is -3.19. The van der Waals surface area contributed by atoms with Crippen LogP contribution in [0.2, 0.25) is 0 Å². The predicted molar refractivity (Wildman–Crippen MR) is 113 cm³/mol. The second kappa shape index (κ2) is 9.09. The van der Waals surface area contributed by atoms with E-state index in [0.29, 0.717) is 24.8 Å². The molecule has 0 bridgehead atoms. The molecule has 156 valence electrons. The molecular formula is C23H26N4O3. The summed E-state index contributed by atoms with van der Waals surface area (Å²) in [6, 6.07) is 13.3. The van der Waals surface area contributed by atoms with E-state index in [1.165, 1.54) is 0 Å². The molecule has 0 spiro atoms. The van der Waals surface area contributed by atoms with Crippen molar-refractivity contribution in [2.45, 2.75) is 18.9 Å². The molecule has 1 amide bonds.